The highest BCUT2D eigenvalue weighted by molar-refractivity contribution is 6.31. The number of likely N-dealkylation sites (N-methyl/N-ethyl adjacent to an activating group) is 1. The van der Waals surface area contributed by atoms with Gasteiger partial charge in [0.15, 0.2) is 6.29 Å². The van der Waals surface area contributed by atoms with E-state index in [9.17, 15) is 9.59 Å². The molecule has 102 valence electrons. The van der Waals surface area contributed by atoms with Crippen LogP contribution in [0.3, 0.4) is 0 Å². The quantitative estimate of drug-likeness (QED) is 0.864. The molecule has 1 heterocycles. The van der Waals surface area contributed by atoms with Crippen LogP contribution in [-0.4, -0.2) is 31.8 Å². The van der Waals surface area contributed by atoms with Crippen LogP contribution < -0.4 is 10.2 Å². The van der Waals surface area contributed by atoms with Crippen molar-refractivity contribution >= 4 is 29.5 Å². The lowest BCUT2D eigenvalue weighted by atomic mass is 9.99. The number of rotatable bonds is 3. The van der Waals surface area contributed by atoms with Gasteiger partial charge in [0.2, 0.25) is 5.91 Å². The van der Waals surface area contributed by atoms with Gasteiger partial charge in [-0.2, -0.15) is 0 Å². The number of piperidine rings is 1. The molecule has 1 aromatic rings. The Morgan fingerprint density at radius 1 is 1.47 bits per heavy atom. The van der Waals surface area contributed by atoms with Crippen LogP contribution in [0.25, 0.3) is 0 Å². The van der Waals surface area contributed by atoms with E-state index in [0.29, 0.717) is 10.6 Å². The molecule has 1 N–H and O–H groups in total. The number of hydrogen-bond acceptors (Lipinski definition) is 3. The molecule has 1 unspecified atom stereocenters. The standard InChI is InChI=1S/C14H17ClN2O2/c1-16-14(19)13-4-2-3-7-17(13)12-6-5-11(15)8-10(12)9-18/h5-6,8-9,13H,2-4,7H2,1H3,(H,16,19). The van der Waals surface area contributed by atoms with Crippen molar-refractivity contribution in [3.63, 3.8) is 0 Å². The molecule has 0 saturated carbocycles. The van der Waals surface area contributed by atoms with Crippen molar-refractivity contribution in [2.75, 3.05) is 18.5 Å². The third-order valence-electron chi connectivity index (χ3n) is 3.48. The highest BCUT2D eigenvalue weighted by Gasteiger charge is 2.29. The summed E-state index contributed by atoms with van der Waals surface area (Å²) in [5.41, 5.74) is 1.32. The first-order valence-corrected chi connectivity index (χ1v) is 6.78. The fourth-order valence-corrected chi connectivity index (χ4v) is 2.72. The summed E-state index contributed by atoms with van der Waals surface area (Å²) in [6.07, 6.45) is 3.64. The summed E-state index contributed by atoms with van der Waals surface area (Å²) in [6, 6.07) is 4.99. The monoisotopic (exact) mass is 280 g/mol. The van der Waals surface area contributed by atoms with Gasteiger partial charge in [0.05, 0.1) is 0 Å². The van der Waals surface area contributed by atoms with Crippen molar-refractivity contribution in [1.82, 2.24) is 5.32 Å². The Morgan fingerprint density at radius 2 is 2.26 bits per heavy atom. The predicted molar refractivity (Wildman–Crippen MR) is 75.9 cm³/mol. The van der Waals surface area contributed by atoms with Gasteiger partial charge in [0.25, 0.3) is 0 Å². The molecular weight excluding hydrogens is 264 g/mol. The number of anilines is 1. The fourth-order valence-electron chi connectivity index (χ4n) is 2.54. The molecule has 1 aromatic carbocycles. The van der Waals surface area contributed by atoms with Crippen LogP contribution in [0.15, 0.2) is 18.2 Å². The summed E-state index contributed by atoms with van der Waals surface area (Å²) in [5.74, 6) is -0.00787. The Morgan fingerprint density at radius 3 is 2.95 bits per heavy atom. The van der Waals surface area contributed by atoms with Crippen LogP contribution in [-0.2, 0) is 4.79 Å². The zero-order valence-electron chi connectivity index (χ0n) is 10.9. The molecule has 1 atom stereocenters. The molecule has 4 nitrogen and oxygen atoms in total. The molecule has 0 aromatic heterocycles. The van der Waals surface area contributed by atoms with Crippen molar-refractivity contribution in [3.8, 4) is 0 Å². The average Bonchev–Trinajstić information content (AvgIpc) is 2.46. The van der Waals surface area contributed by atoms with Gasteiger partial charge < -0.3 is 10.2 Å². The van der Waals surface area contributed by atoms with Gasteiger partial charge in [-0.1, -0.05) is 11.6 Å². The minimum atomic E-state index is -0.210. The normalized spacial score (nSPS) is 19.1. The van der Waals surface area contributed by atoms with Crippen LogP contribution in [0.4, 0.5) is 5.69 Å². The van der Waals surface area contributed by atoms with Gasteiger partial charge in [-0.15, -0.1) is 0 Å². The topological polar surface area (TPSA) is 49.4 Å². The van der Waals surface area contributed by atoms with E-state index in [1.807, 2.05) is 11.0 Å². The Kier molecular flexibility index (Phi) is 4.43. The second kappa shape index (κ2) is 6.06. The number of benzene rings is 1. The minimum absolute atomic E-state index is 0.00787. The number of nitrogens with one attached hydrogen (secondary N) is 1. The largest absolute Gasteiger partial charge is 0.359 e. The first-order chi connectivity index (χ1) is 9.17. The number of amides is 1. The van der Waals surface area contributed by atoms with Crippen LogP contribution >= 0.6 is 11.6 Å². The molecule has 1 saturated heterocycles. The van der Waals surface area contributed by atoms with E-state index in [4.69, 9.17) is 11.6 Å². The van der Waals surface area contributed by atoms with Crippen LogP contribution in [0, 0.1) is 0 Å². The van der Waals surface area contributed by atoms with E-state index in [2.05, 4.69) is 5.32 Å². The molecule has 1 aliphatic heterocycles. The number of hydrogen-bond donors (Lipinski definition) is 1. The number of halogens is 1. The van der Waals surface area contributed by atoms with E-state index < -0.39 is 0 Å². The summed E-state index contributed by atoms with van der Waals surface area (Å²) in [5, 5.41) is 3.22. The van der Waals surface area contributed by atoms with Crippen molar-refractivity contribution in [3.05, 3.63) is 28.8 Å². The maximum Gasteiger partial charge on any atom is 0.242 e. The third-order valence-corrected chi connectivity index (χ3v) is 3.71. The molecule has 1 fully saturated rings. The van der Waals surface area contributed by atoms with Gasteiger partial charge >= 0.3 is 0 Å². The zero-order valence-corrected chi connectivity index (χ0v) is 11.6. The smallest absolute Gasteiger partial charge is 0.242 e. The summed E-state index contributed by atoms with van der Waals surface area (Å²) in [7, 11) is 1.64. The molecule has 0 radical (unpaired) electrons. The molecule has 2 rings (SSSR count). The van der Waals surface area contributed by atoms with Gasteiger partial charge in [-0.3, -0.25) is 9.59 Å². The van der Waals surface area contributed by atoms with Gasteiger partial charge in [0, 0.05) is 29.9 Å². The Labute approximate surface area is 117 Å². The van der Waals surface area contributed by atoms with Crippen molar-refractivity contribution in [1.29, 1.82) is 0 Å². The number of carbonyl (C=O) groups excluding carboxylic acids is 2. The van der Waals surface area contributed by atoms with Crippen molar-refractivity contribution in [2.45, 2.75) is 25.3 Å². The highest BCUT2D eigenvalue weighted by Crippen LogP contribution is 2.29. The third kappa shape index (κ3) is 2.89. The average molecular weight is 281 g/mol. The molecule has 0 aliphatic carbocycles. The molecule has 19 heavy (non-hydrogen) atoms. The first-order valence-electron chi connectivity index (χ1n) is 6.40. The van der Waals surface area contributed by atoms with E-state index in [0.717, 1.165) is 37.8 Å². The van der Waals surface area contributed by atoms with Crippen LogP contribution in [0.2, 0.25) is 5.02 Å². The lowest BCUT2D eigenvalue weighted by Gasteiger charge is -2.37. The van der Waals surface area contributed by atoms with Crippen LogP contribution in [0.1, 0.15) is 29.6 Å². The molecule has 0 bridgehead atoms. The summed E-state index contributed by atoms with van der Waals surface area (Å²) < 4.78 is 0. The van der Waals surface area contributed by atoms with Gasteiger partial charge in [0.1, 0.15) is 6.04 Å². The number of nitrogens with zero attached hydrogens (tertiary/aromatic N) is 1. The summed E-state index contributed by atoms with van der Waals surface area (Å²) >= 11 is 5.90. The zero-order chi connectivity index (χ0) is 13.8. The maximum absolute atomic E-state index is 11.9. The lowest BCUT2D eigenvalue weighted by Crippen LogP contribution is -2.49. The van der Waals surface area contributed by atoms with Crippen LogP contribution in [0.5, 0.6) is 0 Å². The Hall–Kier alpha value is -1.55. The summed E-state index contributed by atoms with van der Waals surface area (Å²) in [6.45, 7) is 0.778. The second-order valence-corrected chi connectivity index (χ2v) is 5.08. The first kappa shape index (κ1) is 13.9. The van der Waals surface area contributed by atoms with Gasteiger partial charge in [-0.05, 0) is 37.5 Å². The Balaban J connectivity index is 2.37. The fraction of sp³-hybridized carbons (Fsp3) is 0.429. The number of carbonyl (C=O) groups is 2. The molecule has 0 spiro atoms. The second-order valence-electron chi connectivity index (χ2n) is 4.64. The van der Waals surface area contributed by atoms with Crippen molar-refractivity contribution < 1.29 is 9.59 Å². The van der Waals surface area contributed by atoms with E-state index >= 15 is 0 Å². The number of aldehydes is 1. The SMILES string of the molecule is CNC(=O)C1CCCCN1c1ccc(Cl)cc1C=O. The van der Waals surface area contributed by atoms with Crippen molar-refractivity contribution in [2.24, 2.45) is 0 Å². The predicted octanol–water partition coefficient (Wildman–Crippen LogP) is 2.26. The minimum Gasteiger partial charge on any atom is -0.359 e. The van der Waals surface area contributed by atoms with E-state index in [-0.39, 0.29) is 11.9 Å². The molecule has 1 aliphatic rings. The highest BCUT2D eigenvalue weighted by atomic mass is 35.5. The Bertz CT molecular complexity index is 490. The lowest BCUT2D eigenvalue weighted by molar-refractivity contribution is -0.122. The van der Waals surface area contributed by atoms with E-state index in [1.54, 1.807) is 19.2 Å². The molecular formula is C14H17ClN2O2. The molecule has 5 heteroatoms. The van der Waals surface area contributed by atoms with Gasteiger partial charge in [-0.25, -0.2) is 0 Å². The maximum atomic E-state index is 11.9. The molecule has 1 amide bonds. The summed E-state index contributed by atoms with van der Waals surface area (Å²) in [4.78, 5) is 25.1. The van der Waals surface area contributed by atoms with E-state index in [1.165, 1.54) is 0 Å².